The highest BCUT2D eigenvalue weighted by molar-refractivity contribution is 5.98. The van der Waals surface area contributed by atoms with Gasteiger partial charge in [-0.15, -0.1) is 0 Å². The summed E-state index contributed by atoms with van der Waals surface area (Å²) in [5, 5.41) is 7.00. The third kappa shape index (κ3) is 3.49. The van der Waals surface area contributed by atoms with Crippen molar-refractivity contribution in [2.45, 2.75) is 19.9 Å². The molecule has 0 saturated heterocycles. The average Bonchev–Trinajstić information content (AvgIpc) is 3.02. The number of hydrogen-bond acceptors (Lipinski definition) is 3. The van der Waals surface area contributed by atoms with Crippen molar-refractivity contribution in [1.82, 2.24) is 15.1 Å². The Morgan fingerprint density at radius 2 is 1.69 bits per heavy atom. The molecule has 6 nitrogen and oxygen atoms in total. The van der Waals surface area contributed by atoms with E-state index in [-0.39, 0.29) is 0 Å². The predicted molar refractivity (Wildman–Crippen MR) is 98.9 cm³/mol. The molecular formula is C20H20N4O2. The molecular weight excluding hydrogens is 328 g/mol. The number of nitrogens with one attached hydrogen (secondary N) is 1. The highest BCUT2D eigenvalue weighted by Crippen LogP contribution is 2.17. The molecule has 26 heavy (non-hydrogen) atoms. The molecule has 0 aliphatic heterocycles. The Morgan fingerprint density at radius 3 is 2.31 bits per heavy atom. The second kappa shape index (κ2) is 7.23. The molecule has 0 saturated carbocycles. The first-order chi connectivity index (χ1) is 12.5. The van der Waals surface area contributed by atoms with Crippen molar-refractivity contribution in [3.05, 3.63) is 83.2 Å². The Balaban J connectivity index is 1.86. The molecule has 0 radical (unpaired) electrons. The monoisotopic (exact) mass is 348 g/mol. The zero-order valence-corrected chi connectivity index (χ0v) is 14.6. The van der Waals surface area contributed by atoms with Crippen molar-refractivity contribution in [3.8, 4) is 5.69 Å². The zero-order chi connectivity index (χ0) is 18.7. The van der Waals surface area contributed by atoms with E-state index >= 15 is 0 Å². The quantitative estimate of drug-likeness (QED) is 0.742. The SMILES string of the molecule is Cc1ccc(-n2ncc(C(=O)N[C@H](C(N)=O)c3ccccc3)c2C)cc1. The summed E-state index contributed by atoms with van der Waals surface area (Å²) in [5.41, 5.74) is 9.19. The van der Waals surface area contributed by atoms with Gasteiger partial charge in [-0.3, -0.25) is 9.59 Å². The van der Waals surface area contributed by atoms with Gasteiger partial charge in [0.1, 0.15) is 6.04 Å². The molecule has 6 heteroatoms. The number of nitrogens with two attached hydrogens (primary N) is 1. The van der Waals surface area contributed by atoms with Crippen LogP contribution in [-0.4, -0.2) is 21.6 Å². The highest BCUT2D eigenvalue weighted by atomic mass is 16.2. The van der Waals surface area contributed by atoms with Gasteiger partial charge in [-0.2, -0.15) is 5.10 Å². The van der Waals surface area contributed by atoms with Crippen LogP contribution in [0.3, 0.4) is 0 Å². The van der Waals surface area contributed by atoms with Crippen LogP contribution in [0.2, 0.25) is 0 Å². The first-order valence-corrected chi connectivity index (χ1v) is 8.24. The van der Waals surface area contributed by atoms with Crippen molar-refractivity contribution in [3.63, 3.8) is 0 Å². The molecule has 3 N–H and O–H groups in total. The lowest BCUT2D eigenvalue weighted by molar-refractivity contribution is -0.120. The van der Waals surface area contributed by atoms with Gasteiger partial charge in [0, 0.05) is 0 Å². The number of hydrogen-bond donors (Lipinski definition) is 2. The minimum Gasteiger partial charge on any atom is -0.368 e. The average molecular weight is 348 g/mol. The summed E-state index contributed by atoms with van der Waals surface area (Å²) in [7, 11) is 0. The first kappa shape index (κ1) is 17.4. The molecule has 0 spiro atoms. The van der Waals surface area contributed by atoms with Gasteiger partial charge in [-0.25, -0.2) is 4.68 Å². The molecule has 0 bridgehead atoms. The molecule has 3 aromatic rings. The fourth-order valence-corrected chi connectivity index (χ4v) is 2.75. The molecule has 0 aliphatic carbocycles. The van der Waals surface area contributed by atoms with Crippen molar-refractivity contribution < 1.29 is 9.59 Å². The minimum atomic E-state index is -0.897. The second-order valence-electron chi connectivity index (χ2n) is 6.11. The Morgan fingerprint density at radius 1 is 1.04 bits per heavy atom. The number of benzene rings is 2. The maximum absolute atomic E-state index is 12.7. The molecule has 0 fully saturated rings. The van der Waals surface area contributed by atoms with Crippen LogP contribution in [0.15, 0.2) is 60.8 Å². The van der Waals surface area contributed by atoms with Gasteiger partial charge in [0.2, 0.25) is 5.91 Å². The number of aryl methyl sites for hydroxylation is 1. The molecule has 0 aliphatic rings. The molecule has 0 unspecified atom stereocenters. The van der Waals surface area contributed by atoms with E-state index in [0.717, 1.165) is 11.3 Å². The summed E-state index contributed by atoms with van der Waals surface area (Å²) in [6.45, 7) is 3.82. The summed E-state index contributed by atoms with van der Waals surface area (Å²) in [6, 6.07) is 15.8. The number of amides is 2. The number of aromatic nitrogens is 2. The van der Waals surface area contributed by atoms with Crippen molar-refractivity contribution in [2.24, 2.45) is 5.73 Å². The van der Waals surface area contributed by atoms with E-state index < -0.39 is 17.9 Å². The van der Waals surface area contributed by atoms with E-state index in [4.69, 9.17) is 5.73 Å². The standard InChI is InChI=1S/C20H20N4O2/c1-13-8-10-16(11-9-13)24-14(2)17(12-22-24)20(26)23-18(19(21)25)15-6-4-3-5-7-15/h3-12,18H,1-2H3,(H2,21,25)(H,23,26)/t18-/m0/s1. The number of carbonyl (C=O) groups excluding carboxylic acids is 2. The lowest BCUT2D eigenvalue weighted by Gasteiger charge is -2.15. The third-order valence-electron chi connectivity index (χ3n) is 4.23. The van der Waals surface area contributed by atoms with E-state index in [1.807, 2.05) is 44.2 Å². The molecule has 1 atom stereocenters. The first-order valence-electron chi connectivity index (χ1n) is 8.24. The number of nitrogens with zero attached hydrogens (tertiary/aromatic N) is 2. The van der Waals surface area contributed by atoms with Crippen molar-refractivity contribution >= 4 is 11.8 Å². The van der Waals surface area contributed by atoms with Crippen molar-refractivity contribution in [2.75, 3.05) is 0 Å². The smallest absolute Gasteiger partial charge is 0.255 e. The van der Waals surface area contributed by atoms with Gasteiger partial charge in [-0.05, 0) is 31.5 Å². The Hall–Kier alpha value is -3.41. The minimum absolute atomic E-state index is 0.395. The lowest BCUT2D eigenvalue weighted by atomic mass is 10.1. The van der Waals surface area contributed by atoms with Crippen molar-refractivity contribution in [1.29, 1.82) is 0 Å². The number of primary amides is 1. The Kier molecular flexibility index (Phi) is 4.84. The van der Waals surface area contributed by atoms with Crippen LogP contribution in [0.25, 0.3) is 5.69 Å². The van der Waals surface area contributed by atoms with E-state index in [9.17, 15) is 9.59 Å². The maximum atomic E-state index is 12.7. The lowest BCUT2D eigenvalue weighted by Crippen LogP contribution is -2.37. The second-order valence-corrected chi connectivity index (χ2v) is 6.11. The molecule has 2 aromatic carbocycles. The topological polar surface area (TPSA) is 90.0 Å². The summed E-state index contributed by atoms with van der Waals surface area (Å²) in [5.74, 6) is -1.01. The molecule has 2 amide bonds. The van der Waals surface area contributed by atoms with Gasteiger partial charge < -0.3 is 11.1 Å². The Labute approximate surface area is 151 Å². The largest absolute Gasteiger partial charge is 0.368 e. The van der Waals surface area contributed by atoms with E-state index in [0.29, 0.717) is 16.8 Å². The predicted octanol–water partition coefficient (Wildman–Crippen LogP) is 2.45. The van der Waals surface area contributed by atoms with Crippen LogP contribution in [0.4, 0.5) is 0 Å². The summed E-state index contributed by atoms with van der Waals surface area (Å²) in [6.07, 6.45) is 1.49. The normalized spacial score (nSPS) is 11.8. The summed E-state index contributed by atoms with van der Waals surface area (Å²) >= 11 is 0. The van der Waals surface area contributed by atoms with Gasteiger partial charge in [0.25, 0.3) is 5.91 Å². The fraction of sp³-hybridized carbons (Fsp3) is 0.150. The molecule has 3 rings (SSSR count). The van der Waals surface area contributed by atoms with Crippen LogP contribution < -0.4 is 11.1 Å². The molecule has 1 heterocycles. The fourth-order valence-electron chi connectivity index (χ4n) is 2.75. The number of carbonyl (C=O) groups is 2. The zero-order valence-electron chi connectivity index (χ0n) is 14.6. The molecule has 132 valence electrons. The number of rotatable bonds is 5. The van der Waals surface area contributed by atoms with Crippen LogP contribution in [0.5, 0.6) is 0 Å². The van der Waals surface area contributed by atoms with Crippen LogP contribution in [-0.2, 0) is 4.79 Å². The summed E-state index contributed by atoms with van der Waals surface area (Å²) in [4.78, 5) is 24.5. The van der Waals surface area contributed by atoms with Gasteiger partial charge in [-0.1, -0.05) is 48.0 Å². The van der Waals surface area contributed by atoms with E-state index in [1.54, 1.807) is 28.9 Å². The van der Waals surface area contributed by atoms with Crippen LogP contribution in [0.1, 0.15) is 33.2 Å². The van der Waals surface area contributed by atoms with E-state index in [1.165, 1.54) is 6.20 Å². The van der Waals surface area contributed by atoms with Crippen LogP contribution >= 0.6 is 0 Å². The van der Waals surface area contributed by atoms with Gasteiger partial charge >= 0.3 is 0 Å². The highest BCUT2D eigenvalue weighted by Gasteiger charge is 2.23. The van der Waals surface area contributed by atoms with Gasteiger partial charge in [0.15, 0.2) is 0 Å². The summed E-state index contributed by atoms with van der Waals surface area (Å²) < 4.78 is 1.69. The van der Waals surface area contributed by atoms with Gasteiger partial charge in [0.05, 0.1) is 23.1 Å². The maximum Gasteiger partial charge on any atom is 0.255 e. The third-order valence-corrected chi connectivity index (χ3v) is 4.23. The Bertz CT molecular complexity index is 930. The van der Waals surface area contributed by atoms with Crippen LogP contribution in [0, 0.1) is 13.8 Å². The molecule has 1 aromatic heterocycles. The van der Waals surface area contributed by atoms with E-state index in [2.05, 4.69) is 10.4 Å².